The fraction of sp³-hybridized carbons (Fsp3) is 0.273. The Morgan fingerprint density at radius 1 is 1.65 bits per heavy atom. The fourth-order valence-corrected chi connectivity index (χ4v) is 1.88. The van der Waals surface area contributed by atoms with Crippen LogP contribution < -0.4 is 10.1 Å². The number of ether oxygens (including phenoxy) is 1. The highest BCUT2D eigenvalue weighted by Gasteiger charge is 2.16. The number of amides is 1. The second-order valence-corrected chi connectivity index (χ2v) is 4.38. The van der Waals surface area contributed by atoms with Crippen molar-refractivity contribution in [1.29, 1.82) is 0 Å². The molecule has 0 aliphatic heterocycles. The fourth-order valence-electron chi connectivity index (χ4n) is 1.09. The number of carboxylic acids is 1. The number of carbonyl (C=O) groups excluding carboxylic acids is 1. The standard InChI is InChI=1S/C11H11NO4S/c1-3-4-12-9(13)6-16-8-5-7(2)17-10(8)11(14)15/h1,5H,4,6H2,2H3,(H,12,13)(H,14,15). The SMILES string of the molecule is C#CCNC(=O)COc1cc(C)sc1C(=O)O. The average Bonchev–Trinajstić information content (AvgIpc) is 2.65. The van der Waals surface area contributed by atoms with Crippen molar-refractivity contribution in [1.82, 2.24) is 5.32 Å². The molecule has 0 atom stereocenters. The maximum absolute atomic E-state index is 11.2. The topological polar surface area (TPSA) is 75.6 Å². The van der Waals surface area contributed by atoms with E-state index < -0.39 is 5.97 Å². The lowest BCUT2D eigenvalue weighted by Crippen LogP contribution is -2.29. The number of terminal acetylenes is 1. The Kier molecular flexibility index (Phi) is 4.55. The van der Waals surface area contributed by atoms with Gasteiger partial charge in [0.25, 0.3) is 5.91 Å². The molecule has 0 aliphatic rings. The van der Waals surface area contributed by atoms with E-state index in [2.05, 4.69) is 11.2 Å². The minimum atomic E-state index is -1.07. The second-order valence-electron chi connectivity index (χ2n) is 3.13. The van der Waals surface area contributed by atoms with Gasteiger partial charge in [0, 0.05) is 4.88 Å². The van der Waals surface area contributed by atoms with E-state index in [-0.39, 0.29) is 29.7 Å². The molecule has 0 spiro atoms. The van der Waals surface area contributed by atoms with E-state index in [4.69, 9.17) is 16.3 Å². The molecule has 0 fully saturated rings. The molecule has 1 rings (SSSR count). The lowest BCUT2D eigenvalue weighted by atomic mass is 10.4. The summed E-state index contributed by atoms with van der Waals surface area (Å²) in [6.45, 7) is 1.64. The first-order valence-corrected chi connectivity index (χ1v) is 5.53. The normalized spacial score (nSPS) is 9.41. The van der Waals surface area contributed by atoms with Gasteiger partial charge in [-0.2, -0.15) is 0 Å². The van der Waals surface area contributed by atoms with Crippen molar-refractivity contribution < 1.29 is 19.4 Å². The number of nitrogens with one attached hydrogen (secondary N) is 1. The molecule has 17 heavy (non-hydrogen) atoms. The van der Waals surface area contributed by atoms with Crippen molar-refractivity contribution in [3.8, 4) is 18.1 Å². The van der Waals surface area contributed by atoms with E-state index in [9.17, 15) is 9.59 Å². The van der Waals surface area contributed by atoms with Crippen molar-refractivity contribution in [2.75, 3.05) is 13.2 Å². The zero-order chi connectivity index (χ0) is 12.8. The summed E-state index contributed by atoms with van der Waals surface area (Å²) >= 11 is 1.10. The van der Waals surface area contributed by atoms with E-state index in [0.717, 1.165) is 16.2 Å². The number of aryl methyl sites for hydroxylation is 1. The Morgan fingerprint density at radius 2 is 2.35 bits per heavy atom. The molecule has 1 heterocycles. The van der Waals surface area contributed by atoms with Gasteiger partial charge in [-0.25, -0.2) is 4.79 Å². The van der Waals surface area contributed by atoms with Crippen LogP contribution in [0.3, 0.4) is 0 Å². The molecule has 1 aromatic rings. The van der Waals surface area contributed by atoms with Crippen molar-refractivity contribution in [2.45, 2.75) is 6.92 Å². The van der Waals surface area contributed by atoms with Crippen LogP contribution in [-0.4, -0.2) is 30.1 Å². The van der Waals surface area contributed by atoms with E-state index in [1.54, 1.807) is 13.0 Å². The van der Waals surface area contributed by atoms with Crippen LogP contribution in [0, 0.1) is 19.3 Å². The Labute approximate surface area is 102 Å². The molecule has 6 heteroatoms. The molecule has 0 radical (unpaired) electrons. The van der Waals surface area contributed by atoms with Gasteiger partial charge >= 0.3 is 5.97 Å². The summed E-state index contributed by atoms with van der Waals surface area (Å²) in [6.07, 6.45) is 4.97. The zero-order valence-corrected chi connectivity index (χ0v) is 9.97. The van der Waals surface area contributed by atoms with Crippen molar-refractivity contribution in [2.24, 2.45) is 0 Å². The number of carbonyl (C=O) groups is 2. The highest BCUT2D eigenvalue weighted by atomic mass is 32.1. The van der Waals surface area contributed by atoms with Gasteiger partial charge in [0.2, 0.25) is 0 Å². The average molecular weight is 253 g/mol. The predicted molar refractivity (Wildman–Crippen MR) is 63.4 cm³/mol. The first-order chi connectivity index (χ1) is 8.04. The molecule has 1 amide bonds. The predicted octanol–water partition coefficient (Wildman–Crippen LogP) is 0.883. The van der Waals surface area contributed by atoms with Gasteiger partial charge in [-0.3, -0.25) is 4.79 Å². The number of carboxylic acid groups (broad SMARTS) is 1. The van der Waals surface area contributed by atoms with Crippen LogP contribution in [0.15, 0.2) is 6.07 Å². The molecule has 0 saturated carbocycles. The zero-order valence-electron chi connectivity index (χ0n) is 9.15. The number of hydrogen-bond donors (Lipinski definition) is 2. The third-order valence-corrected chi connectivity index (χ3v) is 2.78. The van der Waals surface area contributed by atoms with Crippen molar-refractivity contribution >= 4 is 23.2 Å². The van der Waals surface area contributed by atoms with Crippen LogP contribution in [-0.2, 0) is 4.79 Å². The molecule has 0 aromatic carbocycles. The minimum absolute atomic E-state index is 0.0900. The monoisotopic (exact) mass is 253 g/mol. The van der Waals surface area contributed by atoms with E-state index in [0.29, 0.717) is 0 Å². The summed E-state index contributed by atoms with van der Waals surface area (Å²) < 4.78 is 5.13. The summed E-state index contributed by atoms with van der Waals surface area (Å²) in [5.74, 6) is 1.00. The molecule has 0 saturated heterocycles. The summed E-state index contributed by atoms with van der Waals surface area (Å²) in [4.78, 5) is 22.9. The lowest BCUT2D eigenvalue weighted by molar-refractivity contribution is -0.122. The van der Waals surface area contributed by atoms with E-state index >= 15 is 0 Å². The molecule has 1 aromatic heterocycles. The van der Waals surface area contributed by atoms with Crippen LogP contribution in [0.2, 0.25) is 0 Å². The molecule has 0 aliphatic carbocycles. The van der Waals surface area contributed by atoms with Gasteiger partial charge < -0.3 is 15.2 Å². The van der Waals surface area contributed by atoms with Crippen LogP contribution in [0.25, 0.3) is 0 Å². The minimum Gasteiger partial charge on any atom is -0.482 e. The number of aromatic carboxylic acids is 1. The van der Waals surface area contributed by atoms with Gasteiger partial charge in [0.15, 0.2) is 11.5 Å². The Balaban J connectivity index is 2.60. The molecule has 0 unspecified atom stereocenters. The summed E-state index contributed by atoms with van der Waals surface area (Å²) in [7, 11) is 0. The maximum Gasteiger partial charge on any atom is 0.349 e. The Bertz CT molecular complexity index is 472. The molecule has 0 bridgehead atoms. The van der Waals surface area contributed by atoms with Crippen LogP contribution in [0.5, 0.6) is 5.75 Å². The highest BCUT2D eigenvalue weighted by Crippen LogP contribution is 2.28. The maximum atomic E-state index is 11.2. The Hall–Kier alpha value is -2.00. The first-order valence-electron chi connectivity index (χ1n) is 4.71. The van der Waals surface area contributed by atoms with Crippen LogP contribution in [0.1, 0.15) is 14.5 Å². The summed E-state index contributed by atoms with van der Waals surface area (Å²) in [6, 6.07) is 1.59. The van der Waals surface area contributed by atoms with Crippen molar-refractivity contribution in [3.63, 3.8) is 0 Å². The molecular formula is C11H11NO4S. The van der Waals surface area contributed by atoms with E-state index in [1.165, 1.54) is 0 Å². The first kappa shape index (κ1) is 13.1. The van der Waals surface area contributed by atoms with Crippen LogP contribution in [0.4, 0.5) is 0 Å². The Morgan fingerprint density at radius 3 is 2.94 bits per heavy atom. The molecule has 90 valence electrons. The quantitative estimate of drug-likeness (QED) is 0.764. The van der Waals surface area contributed by atoms with Gasteiger partial charge in [0.1, 0.15) is 5.75 Å². The number of rotatable bonds is 5. The smallest absolute Gasteiger partial charge is 0.349 e. The van der Waals surface area contributed by atoms with Gasteiger partial charge in [0.05, 0.1) is 6.54 Å². The van der Waals surface area contributed by atoms with Crippen LogP contribution >= 0.6 is 11.3 Å². The molecule has 5 nitrogen and oxygen atoms in total. The molecule has 2 N–H and O–H groups in total. The summed E-state index contributed by atoms with van der Waals surface area (Å²) in [5.41, 5.74) is 0. The van der Waals surface area contributed by atoms with Gasteiger partial charge in [-0.1, -0.05) is 5.92 Å². The third kappa shape index (κ3) is 3.81. The second kappa shape index (κ2) is 5.92. The number of thiophene rings is 1. The van der Waals surface area contributed by atoms with Gasteiger partial charge in [-0.05, 0) is 13.0 Å². The van der Waals surface area contributed by atoms with Crippen molar-refractivity contribution in [3.05, 3.63) is 15.8 Å². The third-order valence-electron chi connectivity index (χ3n) is 1.76. The molecular weight excluding hydrogens is 242 g/mol. The number of hydrogen-bond acceptors (Lipinski definition) is 4. The lowest BCUT2D eigenvalue weighted by Gasteiger charge is -2.04. The van der Waals surface area contributed by atoms with Gasteiger partial charge in [-0.15, -0.1) is 17.8 Å². The summed E-state index contributed by atoms with van der Waals surface area (Å²) in [5, 5.41) is 11.3. The highest BCUT2D eigenvalue weighted by molar-refractivity contribution is 7.14. The largest absolute Gasteiger partial charge is 0.482 e. The van der Waals surface area contributed by atoms with E-state index in [1.807, 2.05) is 0 Å².